The summed E-state index contributed by atoms with van der Waals surface area (Å²) in [4.78, 5) is 8.59. The highest BCUT2D eigenvalue weighted by Gasteiger charge is 2.15. The number of anilines is 2. The number of hydrogen-bond acceptors (Lipinski definition) is 8. The zero-order valence-electron chi connectivity index (χ0n) is 16.2. The molecule has 0 aliphatic rings. The molecule has 32 heavy (non-hydrogen) atoms. The second kappa shape index (κ2) is 9.62. The molecule has 0 atom stereocenters. The van der Waals surface area contributed by atoms with Gasteiger partial charge in [-0.1, -0.05) is 28.1 Å². The number of rotatable bonds is 7. The first-order chi connectivity index (χ1) is 15.4. The van der Waals surface area contributed by atoms with Gasteiger partial charge in [-0.25, -0.2) is 18.4 Å². The van der Waals surface area contributed by atoms with E-state index in [0.717, 1.165) is 15.7 Å². The highest BCUT2D eigenvalue weighted by atomic mass is 79.9. The van der Waals surface area contributed by atoms with Crippen molar-refractivity contribution in [1.82, 2.24) is 9.97 Å². The van der Waals surface area contributed by atoms with E-state index in [1.807, 2.05) is 29.6 Å². The van der Waals surface area contributed by atoms with Gasteiger partial charge in [0.1, 0.15) is 16.6 Å². The average molecular weight is 544 g/mol. The van der Waals surface area contributed by atoms with Crippen LogP contribution in [0.5, 0.6) is 0 Å². The van der Waals surface area contributed by atoms with Crippen LogP contribution in [0.25, 0.3) is 16.8 Å². The number of benzene rings is 2. The second-order valence-electron chi connectivity index (χ2n) is 6.33. The molecule has 0 fully saturated rings. The maximum atomic E-state index is 12.4. The molecule has 2 N–H and O–H groups in total. The lowest BCUT2D eigenvalue weighted by molar-refractivity contribution is 0.601. The first kappa shape index (κ1) is 22.2. The zero-order chi connectivity index (χ0) is 22.6. The van der Waals surface area contributed by atoms with Gasteiger partial charge in [-0.05, 0) is 36.4 Å². The van der Waals surface area contributed by atoms with Gasteiger partial charge in [-0.2, -0.15) is 5.26 Å². The Balaban J connectivity index is 1.47. The summed E-state index contributed by atoms with van der Waals surface area (Å²) in [6.07, 6.45) is 3.08. The van der Waals surface area contributed by atoms with Crippen LogP contribution < -0.4 is 10.0 Å². The lowest BCUT2D eigenvalue weighted by Crippen LogP contribution is -2.12. The first-order valence-electron chi connectivity index (χ1n) is 9.05. The predicted octanol–water partition coefficient (Wildman–Crippen LogP) is 5.81. The molecule has 0 aliphatic carbocycles. The van der Waals surface area contributed by atoms with Gasteiger partial charge in [-0.15, -0.1) is 22.7 Å². The van der Waals surface area contributed by atoms with E-state index >= 15 is 0 Å². The molecule has 0 radical (unpaired) electrons. The number of allylic oxidation sites excluding steroid dienone is 1. The van der Waals surface area contributed by atoms with E-state index < -0.39 is 10.0 Å². The van der Waals surface area contributed by atoms with Gasteiger partial charge < -0.3 is 5.32 Å². The monoisotopic (exact) mass is 543 g/mol. The fraction of sp³-hybridized carbons (Fsp3) is 0. The molecule has 4 rings (SSSR count). The van der Waals surface area contributed by atoms with Crippen molar-refractivity contribution in [2.45, 2.75) is 4.90 Å². The Morgan fingerprint density at radius 1 is 1.09 bits per heavy atom. The number of halogens is 1. The number of nitriles is 1. The molecule has 2 aromatic carbocycles. The highest BCUT2D eigenvalue weighted by molar-refractivity contribution is 9.10. The standard InChI is InChI=1S/C21H14BrN5O2S3/c22-16-3-1-14(2-4-16)19-13-31-20(26-19)15(11-23)12-25-17-5-7-18(8-6-17)32(28,29)27-21-24-9-10-30-21/h1-10,12-13,25H,(H,24,27). The van der Waals surface area contributed by atoms with Crippen molar-refractivity contribution in [1.29, 1.82) is 5.26 Å². The van der Waals surface area contributed by atoms with Crippen LogP contribution in [0.15, 0.2) is 81.1 Å². The van der Waals surface area contributed by atoms with Crippen LogP contribution in [0, 0.1) is 11.3 Å². The molecule has 0 amide bonds. The molecule has 7 nitrogen and oxygen atoms in total. The Morgan fingerprint density at radius 2 is 1.84 bits per heavy atom. The van der Waals surface area contributed by atoms with E-state index in [1.54, 1.807) is 23.7 Å². The first-order valence-corrected chi connectivity index (χ1v) is 13.1. The van der Waals surface area contributed by atoms with Crippen LogP contribution in [0.1, 0.15) is 5.01 Å². The average Bonchev–Trinajstić information content (AvgIpc) is 3.47. The summed E-state index contributed by atoms with van der Waals surface area (Å²) in [7, 11) is -3.71. The molecule has 0 unspecified atom stereocenters. The lowest BCUT2D eigenvalue weighted by atomic mass is 10.2. The summed E-state index contributed by atoms with van der Waals surface area (Å²) < 4.78 is 28.2. The second-order valence-corrected chi connectivity index (χ2v) is 10.7. The molecule has 0 aliphatic heterocycles. The third-order valence-corrected chi connectivity index (χ3v) is 7.77. The molecule has 0 bridgehead atoms. The number of hydrogen-bond donors (Lipinski definition) is 2. The molecule has 11 heteroatoms. The van der Waals surface area contributed by atoms with Crippen molar-refractivity contribution in [3.05, 3.63) is 81.2 Å². The van der Waals surface area contributed by atoms with Gasteiger partial charge in [0.25, 0.3) is 10.0 Å². The number of nitrogens with one attached hydrogen (secondary N) is 2. The largest absolute Gasteiger partial charge is 0.360 e. The minimum atomic E-state index is -3.71. The van der Waals surface area contributed by atoms with Gasteiger partial charge >= 0.3 is 0 Å². The molecule has 0 saturated carbocycles. The maximum Gasteiger partial charge on any atom is 0.263 e. The number of sulfonamides is 1. The van der Waals surface area contributed by atoms with Crippen LogP contribution >= 0.6 is 38.6 Å². The van der Waals surface area contributed by atoms with Crippen LogP contribution in [0.3, 0.4) is 0 Å². The Morgan fingerprint density at radius 3 is 2.50 bits per heavy atom. The van der Waals surface area contributed by atoms with Crippen molar-refractivity contribution in [2.24, 2.45) is 0 Å². The molecule has 2 heterocycles. The lowest BCUT2D eigenvalue weighted by Gasteiger charge is -2.06. The maximum absolute atomic E-state index is 12.4. The number of thiazole rings is 2. The van der Waals surface area contributed by atoms with Crippen molar-refractivity contribution >= 4 is 65.0 Å². The Labute approximate surface area is 201 Å². The molecule has 160 valence electrons. The third-order valence-electron chi connectivity index (χ3n) is 4.20. The molecular weight excluding hydrogens is 530 g/mol. The number of aromatic nitrogens is 2. The van der Waals surface area contributed by atoms with Gasteiger partial charge in [0.2, 0.25) is 0 Å². The quantitative estimate of drug-likeness (QED) is 0.285. The molecule has 2 aromatic heterocycles. The summed E-state index contributed by atoms with van der Waals surface area (Å²) >= 11 is 5.99. The fourth-order valence-corrected chi connectivity index (χ4v) is 5.47. The van der Waals surface area contributed by atoms with Crippen molar-refractivity contribution in [2.75, 3.05) is 10.0 Å². The highest BCUT2D eigenvalue weighted by Crippen LogP contribution is 2.27. The summed E-state index contributed by atoms with van der Waals surface area (Å²) in [5.41, 5.74) is 2.76. The predicted molar refractivity (Wildman–Crippen MR) is 132 cm³/mol. The van der Waals surface area contributed by atoms with Gasteiger partial charge in [-0.3, -0.25) is 4.72 Å². The van der Waals surface area contributed by atoms with Gasteiger partial charge in [0, 0.05) is 38.9 Å². The molecule has 0 saturated heterocycles. The van der Waals surface area contributed by atoms with E-state index in [9.17, 15) is 13.7 Å². The molecule has 4 aromatic rings. The van der Waals surface area contributed by atoms with Crippen LogP contribution in [-0.2, 0) is 10.0 Å². The summed E-state index contributed by atoms with van der Waals surface area (Å²) in [5.74, 6) is 0. The van der Waals surface area contributed by atoms with Crippen molar-refractivity contribution in [3.63, 3.8) is 0 Å². The Kier molecular flexibility index (Phi) is 6.66. The third kappa shape index (κ3) is 5.23. The van der Waals surface area contributed by atoms with Crippen molar-refractivity contribution < 1.29 is 8.42 Å². The summed E-state index contributed by atoms with van der Waals surface area (Å²) in [6, 6.07) is 16.1. The van der Waals surface area contributed by atoms with Crippen molar-refractivity contribution in [3.8, 4) is 17.3 Å². The Hall–Kier alpha value is -3.04. The molecule has 0 spiro atoms. The van der Waals surface area contributed by atoms with E-state index in [1.165, 1.54) is 41.0 Å². The van der Waals surface area contributed by atoms with Crippen LogP contribution in [0.4, 0.5) is 10.8 Å². The zero-order valence-corrected chi connectivity index (χ0v) is 20.2. The smallest absolute Gasteiger partial charge is 0.263 e. The topological polar surface area (TPSA) is 108 Å². The summed E-state index contributed by atoms with van der Waals surface area (Å²) in [6.45, 7) is 0. The SMILES string of the molecule is N#CC(=CNc1ccc(S(=O)(=O)Nc2nccs2)cc1)c1nc(-c2ccc(Br)cc2)cs1. The van der Waals surface area contributed by atoms with E-state index in [4.69, 9.17) is 0 Å². The minimum Gasteiger partial charge on any atom is -0.360 e. The van der Waals surface area contributed by atoms with E-state index in [0.29, 0.717) is 21.4 Å². The van der Waals surface area contributed by atoms with Crippen LogP contribution in [0.2, 0.25) is 0 Å². The Bertz CT molecular complexity index is 1390. The van der Waals surface area contributed by atoms with Crippen LogP contribution in [-0.4, -0.2) is 18.4 Å². The van der Waals surface area contributed by atoms with Gasteiger partial charge in [0.15, 0.2) is 5.13 Å². The van der Waals surface area contributed by atoms with E-state index in [-0.39, 0.29) is 4.90 Å². The number of nitrogens with zero attached hydrogens (tertiary/aromatic N) is 3. The van der Waals surface area contributed by atoms with E-state index in [2.05, 4.69) is 42.0 Å². The minimum absolute atomic E-state index is 0.113. The van der Waals surface area contributed by atoms with Gasteiger partial charge in [0.05, 0.1) is 10.6 Å². The fourth-order valence-electron chi connectivity index (χ4n) is 2.63. The summed E-state index contributed by atoms with van der Waals surface area (Å²) in [5, 5.41) is 17.1. The normalized spacial score (nSPS) is 11.7. The molecular formula is C21H14BrN5O2S3.